The number of thioether (sulfide) groups is 1. The Kier molecular flexibility index (Phi) is 3.30. The van der Waals surface area contributed by atoms with Crippen LogP contribution >= 0.6 is 27.7 Å². The lowest BCUT2D eigenvalue weighted by Gasteiger charge is -2.23. The second-order valence-corrected chi connectivity index (χ2v) is 5.20. The van der Waals surface area contributed by atoms with Gasteiger partial charge in [-0.15, -0.1) is 0 Å². The highest BCUT2D eigenvalue weighted by atomic mass is 79.9. The maximum atomic E-state index is 3.52. The van der Waals surface area contributed by atoms with E-state index in [1.165, 1.54) is 21.5 Å². The molecule has 3 heteroatoms. The molecule has 0 aliphatic carbocycles. The van der Waals surface area contributed by atoms with Gasteiger partial charge in [-0.2, -0.15) is 11.8 Å². The molecule has 1 heterocycles. The lowest BCUT2D eigenvalue weighted by molar-refractivity contribution is 0.595. The van der Waals surface area contributed by atoms with E-state index in [4.69, 9.17) is 0 Å². The van der Waals surface area contributed by atoms with E-state index in [1.807, 2.05) is 11.8 Å². The van der Waals surface area contributed by atoms with E-state index in [1.54, 1.807) is 0 Å². The Morgan fingerprint density at radius 3 is 3.08 bits per heavy atom. The zero-order valence-corrected chi connectivity index (χ0v) is 9.70. The summed E-state index contributed by atoms with van der Waals surface area (Å²) in [5.74, 6) is 2.43. The van der Waals surface area contributed by atoms with Gasteiger partial charge in [0, 0.05) is 28.6 Å². The van der Waals surface area contributed by atoms with Gasteiger partial charge >= 0.3 is 0 Å². The minimum absolute atomic E-state index is 0.538. The Labute approximate surface area is 91.4 Å². The summed E-state index contributed by atoms with van der Waals surface area (Å²) < 4.78 is 1.17. The van der Waals surface area contributed by atoms with Crippen LogP contribution < -0.4 is 5.32 Å². The quantitative estimate of drug-likeness (QED) is 0.831. The van der Waals surface area contributed by atoms with Crippen molar-refractivity contribution in [3.63, 3.8) is 0 Å². The number of benzene rings is 1. The summed E-state index contributed by atoms with van der Waals surface area (Å²) in [6.07, 6.45) is 0. The van der Waals surface area contributed by atoms with Gasteiger partial charge in [0.1, 0.15) is 0 Å². The SMILES string of the molecule is Brc1cccc([C@@H]2CSCCN2)c1. The van der Waals surface area contributed by atoms with Crippen LogP contribution in [0.4, 0.5) is 0 Å². The van der Waals surface area contributed by atoms with Crippen molar-refractivity contribution in [3.05, 3.63) is 34.3 Å². The van der Waals surface area contributed by atoms with Crippen LogP contribution in [0.15, 0.2) is 28.7 Å². The van der Waals surface area contributed by atoms with Crippen LogP contribution in [0.5, 0.6) is 0 Å². The van der Waals surface area contributed by atoms with E-state index >= 15 is 0 Å². The average Bonchev–Trinajstić information content (AvgIpc) is 2.19. The molecule has 0 spiro atoms. The molecular formula is C10H12BrNS. The molecule has 1 aliphatic heterocycles. The van der Waals surface area contributed by atoms with Crippen LogP contribution in [-0.4, -0.2) is 18.1 Å². The third-order valence-electron chi connectivity index (χ3n) is 2.17. The average molecular weight is 258 g/mol. The van der Waals surface area contributed by atoms with Crippen LogP contribution in [0.3, 0.4) is 0 Å². The highest BCUT2D eigenvalue weighted by molar-refractivity contribution is 9.10. The van der Waals surface area contributed by atoms with Crippen molar-refractivity contribution in [2.45, 2.75) is 6.04 Å². The summed E-state index contributed by atoms with van der Waals surface area (Å²) in [6, 6.07) is 9.09. The van der Waals surface area contributed by atoms with E-state index in [2.05, 4.69) is 45.5 Å². The molecule has 1 atom stereocenters. The molecule has 2 rings (SSSR count). The maximum Gasteiger partial charge on any atom is 0.0412 e. The highest BCUT2D eigenvalue weighted by Crippen LogP contribution is 2.23. The predicted octanol–water partition coefficient (Wildman–Crippen LogP) is 2.83. The zero-order chi connectivity index (χ0) is 9.10. The van der Waals surface area contributed by atoms with Gasteiger partial charge in [0.25, 0.3) is 0 Å². The molecule has 0 saturated carbocycles. The molecule has 0 aromatic heterocycles. The molecule has 0 amide bonds. The summed E-state index contributed by atoms with van der Waals surface area (Å²) in [4.78, 5) is 0. The number of hydrogen-bond acceptors (Lipinski definition) is 2. The summed E-state index contributed by atoms with van der Waals surface area (Å²) >= 11 is 5.52. The molecule has 1 aromatic carbocycles. The van der Waals surface area contributed by atoms with Crippen LogP contribution in [-0.2, 0) is 0 Å². The Morgan fingerprint density at radius 2 is 2.38 bits per heavy atom. The van der Waals surface area contributed by atoms with E-state index in [9.17, 15) is 0 Å². The molecule has 0 radical (unpaired) electrons. The molecule has 0 bridgehead atoms. The molecule has 1 aliphatic rings. The minimum Gasteiger partial charge on any atom is -0.308 e. The van der Waals surface area contributed by atoms with Crippen molar-refractivity contribution in [1.29, 1.82) is 0 Å². The van der Waals surface area contributed by atoms with Crippen molar-refractivity contribution in [2.24, 2.45) is 0 Å². The van der Waals surface area contributed by atoms with E-state index in [-0.39, 0.29) is 0 Å². The van der Waals surface area contributed by atoms with Gasteiger partial charge in [-0.05, 0) is 17.7 Å². The number of rotatable bonds is 1. The molecule has 70 valence electrons. The highest BCUT2D eigenvalue weighted by Gasteiger charge is 2.14. The number of halogens is 1. The molecule has 1 nitrogen and oxygen atoms in total. The third-order valence-corrected chi connectivity index (χ3v) is 3.73. The molecule has 0 unspecified atom stereocenters. The van der Waals surface area contributed by atoms with E-state index < -0.39 is 0 Å². The van der Waals surface area contributed by atoms with Crippen molar-refractivity contribution in [3.8, 4) is 0 Å². The zero-order valence-electron chi connectivity index (χ0n) is 7.29. The first-order valence-electron chi connectivity index (χ1n) is 4.43. The van der Waals surface area contributed by atoms with Crippen molar-refractivity contribution >= 4 is 27.7 Å². The summed E-state index contributed by atoms with van der Waals surface area (Å²) in [7, 11) is 0. The molecule has 1 N–H and O–H groups in total. The Bertz CT molecular complexity index is 284. The fourth-order valence-corrected chi connectivity index (χ4v) is 2.89. The lowest BCUT2D eigenvalue weighted by atomic mass is 10.1. The lowest BCUT2D eigenvalue weighted by Crippen LogP contribution is -2.30. The minimum atomic E-state index is 0.538. The van der Waals surface area contributed by atoms with Crippen LogP contribution in [0.2, 0.25) is 0 Å². The van der Waals surface area contributed by atoms with Crippen molar-refractivity contribution < 1.29 is 0 Å². The van der Waals surface area contributed by atoms with E-state index in [0.29, 0.717) is 6.04 Å². The summed E-state index contributed by atoms with van der Waals surface area (Å²) in [5.41, 5.74) is 1.39. The van der Waals surface area contributed by atoms with Crippen LogP contribution in [0, 0.1) is 0 Å². The Balaban J connectivity index is 2.14. The summed E-state index contributed by atoms with van der Waals surface area (Å²) in [5, 5.41) is 3.52. The van der Waals surface area contributed by atoms with Crippen LogP contribution in [0.1, 0.15) is 11.6 Å². The molecule has 1 saturated heterocycles. The number of nitrogens with one attached hydrogen (secondary N) is 1. The predicted molar refractivity (Wildman–Crippen MR) is 62.2 cm³/mol. The third kappa shape index (κ3) is 2.48. The normalized spacial score (nSPS) is 23.0. The number of hydrogen-bond donors (Lipinski definition) is 1. The molecular weight excluding hydrogens is 246 g/mol. The van der Waals surface area contributed by atoms with Crippen LogP contribution in [0.25, 0.3) is 0 Å². The smallest absolute Gasteiger partial charge is 0.0412 e. The van der Waals surface area contributed by atoms with Gasteiger partial charge in [-0.25, -0.2) is 0 Å². The molecule has 1 fully saturated rings. The first-order valence-corrected chi connectivity index (χ1v) is 6.37. The van der Waals surface area contributed by atoms with Gasteiger partial charge in [0.05, 0.1) is 0 Å². The fraction of sp³-hybridized carbons (Fsp3) is 0.400. The second-order valence-electron chi connectivity index (χ2n) is 3.14. The van der Waals surface area contributed by atoms with Gasteiger partial charge in [-0.1, -0.05) is 28.1 Å². The Morgan fingerprint density at radius 1 is 1.46 bits per heavy atom. The Hall–Kier alpha value is 0.01000. The van der Waals surface area contributed by atoms with Gasteiger partial charge < -0.3 is 5.32 Å². The van der Waals surface area contributed by atoms with Crippen molar-refractivity contribution in [2.75, 3.05) is 18.1 Å². The fourth-order valence-electron chi connectivity index (χ4n) is 1.50. The maximum absolute atomic E-state index is 3.52. The monoisotopic (exact) mass is 257 g/mol. The largest absolute Gasteiger partial charge is 0.308 e. The second kappa shape index (κ2) is 4.49. The van der Waals surface area contributed by atoms with E-state index in [0.717, 1.165) is 6.54 Å². The summed E-state index contributed by atoms with van der Waals surface area (Å²) in [6.45, 7) is 1.13. The standard InChI is InChI=1S/C10H12BrNS/c11-9-3-1-2-8(6-9)10-7-13-5-4-12-10/h1-3,6,10,12H,4-5,7H2/t10-/m0/s1. The van der Waals surface area contributed by atoms with Crippen molar-refractivity contribution in [1.82, 2.24) is 5.32 Å². The first kappa shape index (κ1) is 9.56. The van der Waals surface area contributed by atoms with Gasteiger partial charge in [0.15, 0.2) is 0 Å². The topological polar surface area (TPSA) is 12.0 Å². The molecule has 1 aromatic rings. The van der Waals surface area contributed by atoms with Gasteiger partial charge in [0.2, 0.25) is 0 Å². The van der Waals surface area contributed by atoms with Gasteiger partial charge in [-0.3, -0.25) is 0 Å². The molecule has 13 heavy (non-hydrogen) atoms. The first-order chi connectivity index (χ1) is 6.36.